The Kier molecular flexibility index (Phi) is 2.63. The Morgan fingerprint density at radius 1 is 2.00 bits per heavy atom. The molecule has 0 unspecified atom stereocenters. The molecule has 0 saturated heterocycles. The molecule has 44 valence electrons. The van der Waals surface area contributed by atoms with Crippen molar-refractivity contribution in [2.45, 2.75) is 13.3 Å². The van der Waals surface area contributed by atoms with Gasteiger partial charge in [-0.1, -0.05) is 6.92 Å². The molecule has 0 bridgehead atoms. The van der Waals surface area contributed by atoms with Gasteiger partial charge in [-0.2, -0.15) is 5.26 Å². The normalized spacial score (nSPS) is 12.0. The zero-order valence-electron chi connectivity index (χ0n) is 4.59. The standard InChI is InChI=1S/C5H7NO2/c1-4(2-3-6)5(7)8/h4H,2H2,1H3,(H,7,8)/t4-/m0/s1. The lowest BCUT2D eigenvalue weighted by Gasteiger charge is -1.94. The van der Waals surface area contributed by atoms with Crippen molar-refractivity contribution in [2.24, 2.45) is 5.92 Å². The molecule has 8 heavy (non-hydrogen) atoms. The van der Waals surface area contributed by atoms with Crippen LogP contribution in [0.15, 0.2) is 0 Å². The summed E-state index contributed by atoms with van der Waals surface area (Å²) in [6.07, 6.45) is 0.0926. The van der Waals surface area contributed by atoms with Gasteiger partial charge in [-0.25, -0.2) is 0 Å². The number of carboxylic acid groups (broad SMARTS) is 1. The molecule has 0 aliphatic heterocycles. The summed E-state index contributed by atoms with van der Waals surface area (Å²) in [5.74, 6) is -1.44. The molecular weight excluding hydrogens is 106 g/mol. The van der Waals surface area contributed by atoms with Crippen LogP contribution in [-0.4, -0.2) is 11.1 Å². The lowest BCUT2D eigenvalue weighted by molar-refractivity contribution is -0.140. The van der Waals surface area contributed by atoms with E-state index in [0.29, 0.717) is 0 Å². The Labute approximate surface area is 47.5 Å². The van der Waals surface area contributed by atoms with Gasteiger partial charge in [0.1, 0.15) is 0 Å². The van der Waals surface area contributed by atoms with E-state index >= 15 is 0 Å². The second kappa shape index (κ2) is 3.03. The number of rotatable bonds is 2. The molecule has 0 aromatic heterocycles. The van der Waals surface area contributed by atoms with Gasteiger partial charge in [0.25, 0.3) is 0 Å². The van der Waals surface area contributed by atoms with Gasteiger partial charge in [0.15, 0.2) is 0 Å². The van der Waals surface area contributed by atoms with E-state index in [0.717, 1.165) is 0 Å². The van der Waals surface area contributed by atoms with E-state index < -0.39 is 11.9 Å². The maximum atomic E-state index is 9.94. The predicted octanol–water partition coefficient (Wildman–Crippen LogP) is 0.621. The highest BCUT2D eigenvalue weighted by Gasteiger charge is 2.08. The summed E-state index contributed by atoms with van der Waals surface area (Å²) in [4.78, 5) is 9.94. The number of nitrogens with zero attached hydrogens (tertiary/aromatic N) is 1. The lowest BCUT2D eigenvalue weighted by Crippen LogP contribution is -2.07. The van der Waals surface area contributed by atoms with Gasteiger partial charge < -0.3 is 5.11 Å². The minimum Gasteiger partial charge on any atom is -0.481 e. The van der Waals surface area contributed by atoms with E-state index in [4.69, 9.17) is 10.4 Å². The van der Waals surface area contributed by atoms with E-state index in [2.05, 4.69) is 0 Å². The maximum absolute atomic E-state index is 9.94. The third-order valence-corrected chi connectivity index (χ3v) is 0.819. The van der Waals surface area contributed by atoms with Crippen LogP contribution in [0.1, 0.15) is 13.3 Å². The first-order valence-electron chi connectivity index (χ1n) is 2.28. The molecule has 0 radical (unpaired) electrons. The first-order chi connectivity index (χ1) is 3.68. The molecule has 0 amide bonds. The molecule has 0 heterocycles. The van der Waals surface area contributed by atoms with E-state index in [9.17, 15) is 4.79 Å². The van der Waals surface area contributed by atoms with Crippen molar-refractivity contribution in [1.82, 2.24) is 0 Å². The van der Waals surface area contributed by atoms with E-state index in [1.165, 1.54) is 6.92 Å². The Hall–Kier alpha value is -1.04. The number of nitriles is 1. The van der Waals surface area contributed by atoms with Gasteiger partial charge in [-0.05, 0) is 0 Å². The van der Waals surface area contributed by atoms with E-state index in [1.807, 2.05) is 0 Å². The molecule has 1 atom stereocenters. The highest BCUT2D eigenvalue weighted by atomic mass is 16.4. The second-order valence-electron chi connectivity index (χ2n) is 1.60. The van der Waals surface area contributed by atoms with Gasteiger partial charge in [-0.15, -0.1) is 0 Å². The van der Waals surface area contributed by atoms with Crippen LogP contribution in [0.25, 0.3) is 0 Å². The van der Waals surface area contributed by atoms with Crippen molar-refractivity contribution in [1.29, 1.82) is 5.26 Å². The molecule has 0 rings (SSSR count). The average molecular weight is 113 g/mol. The summed E-state index contributed by atoms with van der Waals surface area (Å²) in [6.45, 7) is 1.51. The smallest absolute Gasteiger partial charge is 0.307 e. The molecule has 3 nitrogen and oxygen atoms in total. The summed E-state index contributed by atoms with van der Waals surface area (Å²) in [5, 5.41) is 16.1. The van der Waals surface area contributed by atoms with E-state index in [1.54, 1.807) is 6.07 Å². The second-order valence-corrected chi connectivity index (χ2v) is 1.60. The fourth-order valence-electron chi connectivity index (χ4n) is 0.224. The molecule has 0 fully saturated rings. The van der Waals surface area contributed by atoms with Crippen LogP contribution >= 0.6 is 0 Å². The quantitative estimate of drug-likeness (QED) is 0.571. The van der Waals surface area contributed by atoms with Gasteiger partial charge in [0.2, 0.25) is 0 Å². The molecule has 0 spiro atoms. The average Bonchev–Trinajstić information content (AvgIpc) is 1.67. The molecule has 0 aromatic rings. The topological polar surface area (TPSA) is 61.1 Å². The Morgan fingerprint density at radius 2 is 2.50 bits per heavy atom. The number of hydrogen-bond donors (Lipinski definition) is 1. The van der Waals surface area contributed by atoms with Crippen molar-refractivity contribution in [3.05, 3.63) is 0 Å². The minimum atomic E-state index is -0.911. The summed E-state index contributed by atoms with van der Waals surface area (Å²) in [6, 6.07) is 1.77. The van der Waals surface area contributed by atoms with Crippen LogP contribution in [-0.2, 0) is 4.79 Å². The molecular formula is C5H7NO2. The molecule has 0 aromatic carbocycles. The van der Waals surface area contributed by atoms with Crippen LogP contribution in [0.2, 0.25) is 0 Å². The molecule has 1 N–H and O–H groups in total. The van der Waals surface area contributed by atoms with Crippen LogP contribution in [0.5, 0.6) is 0 Å². The Morgan fingerprint density at radius 3 is 2.62 bits per heavy atom. The van der Waals surface area contributed by atoms with Crippen molar-refractivity contribution in [3.8, 4) is 6.07 Å². The fourth-order valence-corrected chi connectivity index (χ4v) is 0.224. The van der Waals surface area contributed by atoms with E-state index in [-0.39, 0.29) is 6.42 Å². The number of hydrogen-bond acceptors (Lipinski definition) is 2. The van der Waals surface area contributed by atoms with Crippen molar-refractivity contribution in [2.75, 3.05) is 0 Å². The van der Waals surface area contributed by atoms with Gasteiger partial charge in [-0.3, -0.25) is 4.79 Å². The van der Waals surface area contributed by atoms with Gasteiger partial charge in [0.05, 0.1) is 12.0 Å². The zero-order valence-corrected chi connectivity index (χ0v) is 4.59. The molecule has 3 heteroatoms. The zero-order chi connectivity index (χ0) is 6.57. The predicted molar refractivity (Wildman–Crippen MR) is 27.0 cm³/mol. The lowest BCUT2D eigenvalue weighted by atomic mass is 10.1. The highest BCUT2D eigenvalue weighted by molar-refractivity contribution is 5.69. The van der Waals surface area contributed by atoms with Crippen molar-refractivity contribution < 1.29 is 9.90 Å². The Balaban J connectivity index is 3.52. The SMILES string of the molecule is C[C@@H](CC#N)C(=O)O. The molecule has 0 aliphatic carbocycles. The fraction of sp³-hybridized carbons (Fsp3) is 0.600. The van der Waals surface area contributed by atoms with Gasteiger partial charge in [0, 0.05) is 6.42 Å². The summed E-state index contributed by atoms with van der Waals surface area (Å²) in [5.41, 5.74) is 0. The third kappa shape index (κ3) is 2.19. The van der Waals surface area contributed by atoms with Gasteiger partial charge >= 0.3 is 5.97 Å². The Bertz CT molecular complexity index is 125. The molecule has 0 saturated carbocycles. The summed E-state index contributed by atoms with van der Waals surface area (Å²) < 4.78 is 0. The highest BCUT2D eigenvalue weighted by Crippen LogP contribution is 1.97. The molecule has 0 aliphatic rings. The summed E-state index contributed by atoms with van der Waals surface area (Å²) >= 11 is 0. The maximum Gasteiger partial charge on any atom is 0.307 e. The largest absolute Gasteiger partial charge is 0.481 e. The van der Waals surface area contributed by atoms with Crippen molar-refractivity contribution >= 4 is 5.97 Å². The van der Waals surface area contributed by atoms with Crippen molar-refractivity contribution in [3.63, 3.8) is 0 Å². The van der Waals surface area contributed by atoms with Crippen LogP contribution in [0.4, 0.5) is 0 Å². The van der Waals surface area contributed by atoms with Crippen LogP contribution in [0.3, 0.4) is 0 Å². The third-order valence-electron chi connectivity index (χ3n) is 0.819. The summed E-state index contributed by atoms with van der Waals surface area (Å²) in [7, 11) is 0. The monoisotopic (exact) mass is 113 g/mol. The van der Waals surface area contributed by atoms with Crippen LogP contribution in [0, 0.1) is 17.2 Å². The number of aliphatic carboxylic acids is 1. The number of carbonyl (C=O) groups is 1. The number of carboxylic acids is 1. The first-order valence-corrected chi connectivity index (χ1v) is 2.28. The van der Waals surface area contributed by atoms with Crippen LogP contribution < -0.4 is 0 Å². The first kappa shape index (κ1) is 6.96. The minimum absolute atomic E-state index is 0.0926.